The van der Waals surface area contributed by atoms with E-state index in [-0.39, 0.29) is 17.1 Å². The van der Waals surface area contributed by atoms with Crippen LogP contribution in [0.1, 0.15) is 0 Å². The van der Waals surface area contributed by atoms with Crippen LogP contribution in [0, 0.1) is 0 Å². The van der Waals surface area contributed by atoms with Gasteiger partial charge in [0.25, 0.3) is 0 Å². The molecule has 0 nitrogen and oxygen atoms in total. The van der Waals surface area contributed by atoms with Crippen molar-refractivity contribution in [3.63, 3.8) is 0 Å². The van der Waals surface area contributed by atoms with Crippen LogP contribution in [0.5, 0.6) is 0 Å². The molecule has 0 N–H and O–H groups in total. The summed E-state index contributed by atoms with van der Waals surface area (Å²) in [4.78, 5) is 0. The normalized spacial score (nSPS) is 9.00. The van der Waals surface area contributed by atoms with Crippen molar-refractivity contribution in [3.8, 4) is 0 Å². The zero-order valence-electron chi connectivity index (χ0n) is 1.77. The Bertz CT molecular complexity index is 11.6. The van der Waals surface area contributed by atoms with E-state index in [9.17, 15) is 10.7 Å². The van der Waals surface area contributed by atoms with Crippen LogP contribution in [0.25, 0.3) is 0 Å². The van der Waals surface area contributed by atoms with Crippen molar-refractivity contribution in [3.05, 3.63) is 0 Å². The molecule has 0 aliphatic carbocycles. The Morgan fingerprint density at radius 2 is 1.00 bits per heavy atom. The molecule has 0 rings (SSSR count). The Hall–Kier alpha value is 0.816. The van der Waals surface area contributed by atoms with Gasteiger partial charge in [-0.15, -0.1) is 0 Å². The molecule has 0 amide bonds. The van der Waals surface area contributed by atoms with Crippen molar-refractivity contribution in [2.24, 2.45) is 0 Å². The fourth-order valence-electron chi connectivity index (χ4n) is 0. The third-order valence-electron chi connectivity index (χ3n) is 0. The van der Waals surface area contributed by atoms with Crippen LogP contribution in [0.15, 0.2) is 0 Å². The monoisotopic (exact) mass is 179 g/mol. The molecule has 0 fully saturated rings. The molecular formula is CoCuF3. The van der Waals surface area contributed by atoms with Gasteiger partial charge in [-0.05, 0) is 0 Å². The van der Waals surface area contributed by atoms with Crippen molar-refractivity contribution < 1.29 is 42.8 Å². The van der Waals surface area contributed by atoms with Crippen LogP contribution in [0.2, 0.25) is 0 Å². The van der Waals surface area contributed by atoms with E-state index in [1.165, 1.54) is 0 Å². The standard InChI is InChI=1S/Co.Cu.3FH/h;;3*1H/q+3;;;;/p-3. The fraction of sp³-hybridized carbons (Fsp3) is 0. The van der Waals surface area contributed by atoms with E-state index in [0.29, 0.717) is 0 Å². The molecule has 5 heavy (non-hydrogen) atoms. The van der Waals surface area contributed by atoms with E-state index in [2.05, 4.69) is 0 Å². The van der Waals surface area contributed by atoms with Crippen molar-refractivity contribution in [2.45, 2.75) is 0 Å². The van der Waals surface area contributed by atoms with Gasteiger partial charge in [0.1, 0.15) is 0 Å². The molecule has 0 bridgehead atoms. The molecule has 0 atom stereocenters. The second-order valence-corrected chi connectivity index (χ2v) is 0.589. The first-order valence-electron chi connectivity index (χ1n) is 0.378. The molecular weight excluding hydrogens is 179 g/mol. The van der Waals surface area contributed by atoms with Gasteiger partial charge in [0.2, 0.25) is 0 Å². The van der Waals surface area contributed by atoms with Gasteiger partial charge in [-0.2, -0.15) is 0 Å². The third-order valence-corrected chi connectivity index (χ3v) is 0. The SMILES string of the molecule is [Cu].[F][Co]([F])[F]. The first-order valence-corrected chi connectivity index (χ1v) is 1.56. The van der Waals surface area contributed by atoms with Gasteiger partial charge < -0.3 is 0 Å². The minimum absolute atomic E-state index is 0. The Morgan fingerprint density at radius 3 is 1.00 bits per heavy atom. The molecule has 0 spiro atoms. The zero-order chi connectivity index (χ0) is 3.58. The maximum absolute atomic E-state index is 9.73. The minimum atomic E-state index is -4.10. The Morgan fingerprint density at radius 1 is 1.00 bits per heavy atom. The van der Waals surface area contributed by atoms with Crippen molar-refractivity contribution in [1.29, 1.82) is 0 Å². The topological polar surface area (TPSA) is 0 Å². The quantitative estimate of drug-likeness (QED) is 0.491. The number of rotatable bonds is 0. The van der Waals surface area contributed by atoms with Gasteiger partial charge in [-0.25, -0.2) is 0 Å². The van der Waals surface area contributed by atoms with E-state index in [4.69, 9.17) is 0 Å². The first kappa shape index (κ1) is 9.26. The third kappa shape index (κ3) is 57.4. The van der Waals surface area contributed by atoms with Crippen LogP contribution in [0.4, 0.5) is 10.7 Å². The molecule has 0 aromatic heterocycles. The fourth-order valence-corrected chi connectivity index (χ4v) is 0. The number of hydrogen-bond acceptors (Lipinski definition) is 0. The van der Waals surface area contributed by atoms with Crippen molar-refractivity contribution in [2.75, 3.05) is 0 Å². The first-order chi connectivity index (χ1) is 1.73. The van der Waals surface area contributed by atoms with Gasteiger partial charge in [0.05, 0.1) is 0 Å². The summed E-state index contributed by atoms with van der Waals surface area (Å²) in [6.07, 6.45) is 0. The summed E-state index contributed by atoms with van der Waals surface area (Å²) < 4.78 is 29.2. The summed E-state index contributed by atoms with van der Waals surface area (Å²) in [5, 5.41) is 0. The second kappa shape index (κ2) is 4.82. The summed E-state index contributed by atoms with van der Waals surface area (Å²) in [6.45, 7) is 0. The molecule has 0 saturated heterocycles. The molecule has 0 heterocycles. The average Bonchev–Trinajstić information content (AvgIpc) is 0.811. The van der Waals surface area contributed by atoms with Crippen LogP contribution in [0.3, 0.4) is 0 Å². The van der Waals surface area contributed by atoms with Gasteiger partial charge >= 0.3 is 25.7 Å². The summed E-state index contributed by atoms with van der Waals surface area (Å²) in [5.74, 6) is 0. The van der Waals surface area contributed by atoms with E-state index in [0.717, 1.165) is 0 Å². The Labute approximate surface area is 43.3 Å². The van der Waals surface area contributed by atoms with Gasteiger partial charge in [0, 0.05) is 17.1 Å². The number of halogens is 3. The van der Waals surface area contributed by atoms with Crippen LogP contribution in [-0.2, 0) is 32.1 Å². The molecule has 0 saturated carbocycles. The van der Waals surface area contributed by atoms with E-state index in [1.54, 1.807) is 0 Å². The van der Waals surface area contributed by atoms with E-state index < -0.39 is 15.0 Å². The molecule has 0 aromatic rings. The summed E-state index contributed by atoms with van der Waals surface area (Å²) in [6, 6.07) is 0. The van der Waals surface area contributed by atoms with Gasteiger partial charge in [-0.1, -0.05) is 0 Å². The summed E-state index contributed by atoms with van der Waals surface area (Å²) >= 11 is -4.10. The molecule has 0 aromatic carbocycles. The summed E-state index contributed by atoms with van der Waals surface area (Å²) in [7, 11) is 0. The van der Waals surface area contributed by atoms with Gasteiger partial charge in [0.15, 0.2) is 0 Å². The second-order valence-electron chi connectivity index (χ2n) is 0.143. The zero-order valence-corrected chi connectivity index (χ0v) is 3.75. The van der Waals surface area contributed by atoms with Crippen LogP contribution >= 0.6 is 0 Å². The molecule has 0 unspecified atom stereocenters. The molecule has 5 heteroatoms. The van der Waals surface area contributed by atoms with Crippen molar-refractivity contribution >= 4 is 0 Å². The molecule has 41 valence electrons. The number of hydrogen-bond donors (Lipinski definition) is 0. The maximum atomic E-state index is 9.73. The predicted molar refractivity (Wildman–Crippen MR) is 3.32 cm³/mol. The Kier molecular flexibility index (Phi) is 8.92. The summed E-state index contributed by atoms with van der Waals surface area (Å²) in [5.41, 5.74) is 0. The Balaban J connectivity index is 0. The predicted octanol–water partition coefficient (Wildman–Crippen LogP) is 1.26. The molecule has 1 radical (unpaired) electrons. The van der Waals surface area contributed by atoms with Crippen LogP contribution < -0.4 is 0 Å². The van der Waals surface area contributed by atoms with E-state index in [1.807, 2.05) is 0 Å². The van der Waals surface area contributed by atoms with Crippen molar-refractivity contribution in [1.82, 2.24) is 0 Å². The average molecular weight is 179 g/mol. The van der Waals surface area contributed by atoms with Crippen LogP contribution in [-0.4, -0.2) is 0 Å². The van der Waals surface area contributed by atoms with E-state index >= 15 is 0 Å². The molecule has 0 aliphatic rings. The molecule has 0 aliphatic heterocycles. The van der Waals surface area contributed by atoms with Gasteiger partial charge in [-0.3, -0.25) is 0 Å².